The average molecular weight is 501 g/mol. The van der Waals surface area contributed by atoms with Crippen LogP contribution in [0.5, 0.6) is 0 Å². The molecule has 178 valence electrons. The van der Waals surface area contributed by atoms with Crippen LogP contribution in [-0.4, -0.2) is 39.8 Å². The number of anilines is 1. The van der Waals surface area contributed by atoms with E-state index in [0.29, 0.717) is 10.6 Å². The predicted octanol–water partition coefficient (Wildman–Crippen LogP) is 4.01. The Morgan fingerprint density at radius 3 is 2.28 bits per heavy atom. The van der Waals surface area contributed by atoms with Crippen LogP contribution in [0.15, 0.2) is 77.9 Å². The number of ketones is 1. The number of amides is 2. The highest BCUT2D eigenvalue weighted by Crippen LogP contribution is 2.53. The zero-order valence-corrected chi connectivity index (χ0v) is 19.3. The maximum atomic E-state index is 13.8. The van der Waals surface area contributed by atoms with Gasteiger partial charge in [0.15, 0.2) is 5.78 Å². The fourth-order valence-corrected chi connectivity index (χ4v) is 5.56. The first-order valence-electron chi connectivity index (χ1n) is 11.2. The third kappa shape index (κ3) is 3.16. The van der Waals surface area contributed by atoms with Crippen LogP contribution in [0.4, 0.5) is 11.4 Å². The summed E-state index contributed by atoms with van der Waals surface area (Å²) in [7, 11) is 0. The van der Waals surface area contributed by atoms with E-state index in [9.17, 15) is 24.5 Å². The van der Waals surface area contributed by atoms with E-state index in [1.807, 2.05) is 24.3 Å². The molecule has 0 spiro atoms. The van der Waals surface area contributed by atoms with Gasteiger partial charge in [-0.1, -0.05) is 35.9 Å². The second-order valence-corrected chi connectivity index (χ2v) is 9.29. The summed E-state index contributed by atoms with van der Waals surface area (Å²) in [6.07, 6.45) is 1.64. The van der Waals surface area contributed by atoms with Crippen molar-refractivity contribution in [3.63, 3.8) is 0 Å². The van der Waals surface area contributed by atoms with E-state index in [1.165, 1.54) is 24.3 Å². The summed E-state index contributed by atoms with van der Waals surface area (Å²) in [5.74, 6) is -3.18. The molecule has 0 aromatic heterocycles. The van der Waals surface area contributed by atoms with Gasteiger partial charge in [-0.3, -0.25) is 29.5 Å². The molecule has 0 N–H and O–H groups in total. The molecule has 4 atom stereocenters. The minimum absolute atomic E-state index is 0.157. The number of halogens is 1. The van der Waals surface area contributed by atoms with Crippen LogP contribution < -0.4 is 4.90 Å². The number of nitrogens with zero attached hydrogens (tertiary/aromatic N) is 4. The molecule has 0 saturated carbocycles. The lowest BCUT2D eigenvalue weighted by molar-refractivity contribution is -0.384. The number of nitro benzene ring substituents is 1. The topological polar surface area (TPSA) is 113 Å². The summed E-state index contributed by atoms with van der Waals surface area (Å²) in [5.41, 5.74) is 2.04. The lowest BCUT2D eigenvalue weighted by Crippen LogP contribution is -2.44. The number of imide groups is 1. The third-order valence-corrected chi connectivity index (χ3v) is 7.26. The van der Waals surface area contributed by atoms with Crippen molar-refractivity contribution < 1.29 is 19.3 Å². The first kappa shape index (κ1) is 22.1. The Labute approximate surface area is 209 Å². The Morgan fingerprint density at radius 1 is 0.917 bits per heavy atom. The molecule has 10 heteroatoms. The van der Waals surface area contributed by atoms with Gasteiger partial charge in [0.05, 0.1) is 34.7 Å². The molecule has 0 radical (unpaired) electrons. The molecule has 0 aliphatic carbocycles. The molecule has 3 heterocycles. The SMILES string of the molecule is O=C(c1ccc(Cl)cc1)[C@@H]1[C@@H]2C(=O)N(c3ccc([N+](=O)[O-])cc3)C(=O)[C@@H]2C2c3ccccc3C=NN21. The van der Waals surface area contributed by atoms with Crippen LogP contribution in [0, 0.1) is 22.0 Å². The molecule has 3 aromatic carbocycles. The standard InChI is InChI=1S/C26H17ClN4O5/c27-16-7-5-14(6-8-16)24(32)23-21-20(22-19-4-2-1-3-15(19)13-28-30(22)23)25(33)29(26(21)34)17-9-11-18(12-10-17)31(35)36/h1-13,20-23H/t20-,21+,22?,23-/m0/s1. The normalized spacial score (nSPS) is 23.9. The minimum atomic E-state index is -1.01. The van der Waals surface area contributed by atoms with Gasteiger partial charge in [-0.25, -0.2) is 4.90 Å². The van der Waals surface area contributed by atoms with Crippen molar-refractivity contribution >= 4 is 46.8 Å². The minimum Gasteiger partial charge on any atom is -0.292 e. The van der Waals surface area contributed by atoms with Gasteiger partial charge in [-0.2, -0.15) is 5.10 Å². The van der Waals surface area contributed by atoms with Crippen molar-refractivity contribution in [2.45, 2.75) is 12.1 Å². The smallest absolute Gasteiger partial charge is 0.269 e. The Morgan fingerprint density at radius 2 is 1.58 bits per heavy atom. The Bertz CT molecular complexity index is 1470. The van der Waals surface area contributed by atoms with Gasteiger partial charge in [0.2, 0.25) is 11.8 Å². The molecule has 9 nitrogen and oxygen atoms in total. The molecule has 3 aromatic rings. The number of non-ortho nitro benzene ring substituents is 1. The number of rotatable bonds is 4. The number of hydrogen-bond acceptors (Lipinski definition) is 7. The molecule has 2 amide bonds. The van der Waals surface area contributed by atoms with Gasteiger partial charge in [-0.05, 0) is 47.5 Å². The van der Waals surface area contributed by atoms with Crippen LogP contribution in [0.25, 0.3) is 0 Å². The Kier molecular flexibility index (Phi) is 4.97. The highest BCUT2D eigenvalue weighted by atomic mass is 35.5. The molecule has 3 aliphatic rings. The van der Waals surface area contributed by atoms with E-state index >= 15 is 0 Å². The molecule has 6 rings (SSSR count). The lowest BCUT2D eigenvalue weighted by atomic mass is 9.83. The molecule has 2 fully saturated rings. The number of hydrazone groups is 1. The predicted molar refractivity (Wildman–Crippen MR) is 131 cm³/mol. The van der Waals surface area contributed by atoms with Crippen molar-refractivity contribution in [1.82, 2.24) is 5.01 Å². The molecule has 2 saturated heterocycles. The third-order valence-electron chi connectivity index (χ3n) is 7.01. The number of carbonyl (C=O) groups excluding carboxylic acids is 3. The second-order valence-electron chi connectivity index (χ2n) is 8.85. The zero-order valence-electron chi connectivity index (χ0n) is 18.5. The number of benzene rings is 3. The Balaban J connectivity index is 1.47. The number of carbonyl (C=O) groups is 3. The van der Waals surface area contributed by atoms with Gasteiger partial charge >= 0.3 is 0 Å². The van der Waals surface area contributed by atoms with Gasteiger partial charge in [0.1, 0.15) is 6.04 Å². The lowest BCUT2D eigenvalue weighted by Gasteiger charge is -2.33. The molecule has 1 unspecified atom stereocenters. The molecule has 0 bridgehead atoms. The van der Waals surface area contributed by atoms with Crippen molar-refractivity contribution in [1.29, 1.82) is 0 Å². The highest BCUT2D eigenvalue weighted by molar-refractivity contribution is 6.30. The van der Waals surface area contributed by atoms with E-state index < -0.39 is 40.7 Å². The van der Waals surface area contributed by atoms with E-state index in [-0.39, 0.29) is 17.2 Å². The van der Waals surface area contributed by atoms with Crippen LogP contribution in [-0.2, 0) is 9.59 Å². The summed E-state index contributed by atoms with van der Waals surface area (Å²) in [6, 6.07) is 17.4. The Hall–Kier alpha value is -4.37. The molecular weight excluding hydrogens is 484 g/mol. The zero-order chi connectivity index (χ0) is 25.1. The van der Waals surface area contributed by atoms with Crippen LogP contribution in [0.1, 0.15) is 27.5 Å². The average Bonchev–Trinajstić information content (AvgIpc) is 3.36. The van der Waals surface area contributed by atoms with E-state index in [0.717, 1.165) is 16.0 Å². The van der Waals surface area contributed by atoms with E-state index in [1.54, 1.807) is 35.5 Å². The highest BCUT2D eigenvalue weighted by Gasteiger charge is 2.65. The maximum absolute atomic E-state index is 13.8. The van der Waals surface area contributed by atoms with Gasteiger partial charge < -0.3 is 0 Å². The number of hydrogen-bond donors (Lipinski definition) is 0. The van der Waals surface area contributed by atoms with Crippen molar-refractivity contribution in [3.8, 4) is 0 Å². The summed E-state index contributed by atoms with van der Waals surface area (Å²) >= 11 is 6.00. The summed E-state index contributed by atoms with van der Waals surface area (Å²) in [6.45, 7) is 0. The monoisotopic (exact) mass is 500 g/mol. The molecule has 36 heavy (non-hydrogen) atoms. The number of nitro groups is 1. The van der Waals surface area contributed by atoms with Crippen molar-refractivity contribution in [2.24, 2.45) is 16.9 Å². The number of Topliss-reactive ketones (excluding diaryl/α,β-unsaturated/α-hetero) is 1. The van der Waals surface area contributed by atoms with Crippen LogP contribution in [0.3, 0.4) is 0 Å². The van der Waals surface area contributed by atoms with Gasteiger partial charge in [-0.15, -0.1) is 0 Å². The van der Waals surface area contributed by atoms with Crippen LogP contribution in [0.2, 0.25) is 5.02 Å². The maximum Gasteiger partial charge on any atom is 0.269 e. The van der Waals surface area contributed by atoms with Gasteiger partial charge in [0, 0.05) is 22.7 Å². The summed E-state index contributed by atoms with van der Waals surface area (Å²) in [4.78, 5) is 52.9. The van der Waals surface area contributed by atoms with E-state index in [4.69, 9.17) is 11.6 Å². The fourth-order valence-electron chi connectivity index (χ4n) is 5.43. The van der Waals surface area contributed by atoms with Crippen LogP contribution >= 0.6 is 11.6 Å². The van der Waals surface area contributed by atoms with Gasteiger partial charge in [0.25, 0.3) is 5.69 Å². The second kappa shape index (κ2) is 8.10. The first-order chi connectivity index (χ1) is 17.4. The summed E-state index contributed by atoms with van der Waals surface area (Å²) < 4.78 is 0. The summed E-state index contributed by atoms with van der Waals surface area (Å²) in [5, 5.41) is 17.6. The molecular formula is C26H17ClN4O5. The van der Waals surface area contributed by atoms with Crippen molar-refractivity contribution in [3.05, 3.63) is 105 Å². The van der Waals surface area contributed by atoms with E-state index in [2.05, 4.69) is 5.10 Å². The van der Waals surface area contributed by atoms with Crippen molar-refractivity contribution in [2.75, 3.05) is 4.90 Å². The first-order valence-corrected chi connectivity index (χ1v) is 11.6. The fraction of sp³-hybridized carbons (Fsp3) is 0.154. The largest absolute Gasteiger partial charge is 0.292 e. The molecule has 3 aliphatic heterocycles. The quantitative estimate of drug-likeness (QED) is 0.231. The number of fused-ring (bicyclic) bond motifs is 5.